The van der Waals surface area contributed by atoms with Crippen LogP contribution in [0.25, 0.3) is 0 Å². The van der Waals surface area contributed by atoms with E-state index in [4.69, 9.17) is 10.2 Å². The number of nitrogens with zero attached hydrogens (tertiary/aromatic N) is 1. The van der Waals surface area contributed by atoms with Gasteiger partial charge < -0.3 is 31.1 Å². The van der Waals surface area contributed by atoms with Gasteiger partial charge in [0.15, 0.2) is 0 Å². The summed E-state index contributed by atoms with van der Waals surface area (Å²) in [6.45, 7) is 4.91. The van der Waals surface area contributed by atoms with Gasteiger partial charge in [-0.2, -0.15) is 0 Å². The molecule has 5 N–H and O–H groups in total. The number of amides is 3. The van der Waals surface area contributed by atoms with E-state index in [1.165, 1.54) is 4.90 Å². The van der Waals surface area contributed by atoms with Crippen LogP contribution in [0.4, 0.5) is 0 Å². The molecule has 2 saturated heterocycles. The standard InChI is InChI=1S/C20H32N4O7/c1-11(2)9-13(22-17(27)12-5-3-7-21-12)19(29)24-8-4-6-15(24)18(28)23-14(20(30)31)10-16(25)26/h11-15,21H,3-10H2,1-2H3,(H,22,27)(H,23,28)(H,25,26)(H,30,31). The number of carboxylic acids is 2. The van der Waals surface area contributed by atoms with Gasteiger partial charge in [-0.25, -0.2) is 4.79 Å². The largest absolute Gasteiger partial charge is 0.481 e. The molecule has 31 heavy (non-hydrogen) atoms. The number of carboxylic acid groups (broad SMARTS) is 2. The molecule has 0 spiro atoms. The van der Waals surface area contributed by atoms with Crippen LogP contribution in [0, 0.1) is 5.92 Å². The Labute approximate surface area is 180 Å². The molecule has 0 aromatic carbocycles. The number of carbonyl (C=O) groups is 5. The van der Waals surface area contributed by atoms with Crippen molar-refractivity contribution < 1.29 is 34.2 Å². The van der Waals surface area contributed by atoms with Gasteiger partial charge in [-0.1, -0.05) is 13.8 Å². The summed E-state index contributed by atoms with van der Waals surface area (Å²) in [5.74, 6) is -4.03. The van der Waals surface area contributed by atoms with Crippen molar-refractivity contribution in [2.45, 2.75) is 76.5 Å². The third-order valence-electron chi connectivity index (χ3n) is 5.53. The van der Waals surface area contributed by atoms with Gasteiger partial charge in [0.05, 0.1) is 12.5 Å². The molecule has 3 amide bonds. The van der Waals surface area contributed by atoms with Crippen molar-refractivity contribution >= 4 is 29.7 Å². The molecule has 4 unspecified atom stereocenters. The maximum absolute atomic E-state index is 13.2. The molecule has 0 aromatic heterocycles. The zero-order valence-corrected chi connectivity index (χ0v) is 17.9. The lowest BCUT2D eigenvalue weighted by molar-refractivity contribution is -0.148. The lowest BCUT2D eigenvalue weighted by Crippen LogP contribution is -2.57. The van der Waals surface area contributed by atoms with Crippen LogP contribution >= 0.6 is 0 Å². The molecule has 4 atom stereocenters. The first-order chi connectivity index (χ1) is 14.6. The van der Waals surface area contributed by atoms with E-state index in [-0.39, 0.29) is 23.8 Å². The van der Waals surface area contributed by atoms with Gasteiger partial charge in [0.25, 0.3) is 0 Å². The average molecular weight is 440 g/mol. The number of hydrogen-bond donors (Lipinski definition) is 5. The molecule has 0 saturated carbocycles. The minimum absolute atomic E-state index is 0.118. The monoisotopic (exact) mass is 440 g/mol. The van der Waals surface area contributed by atoms with Crippen molar-refractivity contribution in [2.75, 3.05) is 13.1 Å². The molecular formula is C20H32N4O7. The molecule has 0 aromatic rings. The Kier molecular flexibility index (Phi) is 8.78. The lowest BCUT2D eigenvalue weighted by atomic mass is 10.0. The number of carbonyl (C=O) groups excluding carboxylic acids is 3. The summed E-state index contributed by atoms with van der Waals surface area (Å²) in [6, 6.07) is -3.62. The van der Waals surface area contributed by atoms with Crippen LogP contribution in [0.15, 0.2) is 0 Å². The minimum atomic E-state index is -1.58. The second kappa shape index (κ2) is 11.1. The lowest BCUT2D eigenvalue weighted by Gasteiger charge is -2.30. The first kappa shape index (κ1) is 24.6. The molecule has 11 nitrogen and oxygen atoms in total. The van der Waals surface area contributed by atoms with Crippen LogP contribution in [-0.4, -0.2) is 82.0 Å². The SMILES string of the molecule is CC(C)CC(NC(=O)C1CCCN1)C(=O)N1CCCC1C(=O)NC(CC(=O)O)C(=O)O. The molecule has 2 heterocycles. The summed E-state index contributed by atoms with van der Waals surface area (Å²) < 4.78 is 0. The van der Waals surface area contributed by atoms with E-state index in [1.807, 2.05) is 13.8 Å². The Bertz CT molecular complexity index is 706. The number of likely N-dealkylation sites (tertiary alicyclic amines) is 1. The zero-order valence-electron chi connectivity index (χ0n) is 17.9. The fourth-order valence-corrected chi connectivity index (χ4v) is 4.02. The second-order valence-electron chi connectivity index (χ2n) is 8.53. The van der Waals surface area contributed by atoms with Gasteiger partial charge in [-0.3, -0.25) is 19.2 Å². The van der Waals surface area contributed by atoms with Crippen molar-refractivity contribution in [2.24, 2.45) is 5.92 Å². The average Bonchev–Trinajstić information content (AvgIpc) is 3.37. The minimum Gasteiger partial charge on any atom is -0.481 e. The summed E-state index contributed by atoms with van der Waals surface area (Å²) in [4.78, 5) is 62.0. The predicted molar refractivity (Wildman–Crippen MR) is 109 cm³/mol. The molecule has 2 fully saturated rings. The molecule has 2 rings (SSSR count). The number of nitrogens with one attached hydrogen (secondary N) is 3. The summed E-state index contributed by atoms with van der Waals surface area (Å²) in [5.41, 5.74) is 0. The van der Waals surface area contributed by atoms with E-state index < -0.39 is 42.4 Å². The predicted octanol–water partition coefficient (Wildman–Crippen LogP) is -0.696. The highest BCUT2D eigenvalue weighted by Crippen LogP contribution is 2.21. The Morgan fingerprint density at radius 1 is 1.00 bits per heavy atom. The number of hydrogen-bond acceptors (Lipinski definition) is 6. The number of aliphatic carboxylic acids is 2. The van der Waals surface area contributed by atoms with Gasteiger partial charge >= 0.3 is 11.9 Å². The molecule has 2 aliphatic rings. The first-order valence-corrected chi connectivity index (χ1v) is 10.7. The molecular weight excluding hydrogens is 408 g/mol. The summed E-state index contributed by atoms with van der Waals surface area (Å²) in [5, 5.41) is 26.2. The van der Waals surface area contributed by atoms with Crippen LogP contribution in [0.5, 0.6) is 0 Å². The Morgan fingerprint density at radius 3 is 2.23 bits per heavy atom. The first-order valence-electron chi connectivity index (χ1n) is 10.7. The number of rotatable bonds is 10. The Hall–Kier alpha value is -2.69. The van der Waals surface area contributed by atoms with Crippen molar-refractivity contribution in [1.82, 2.24) is 20.9 Å². The normalized spacial score (nSPS) is 22.7. The van der Waals surface area contributed by atoms with Crippen molar-refractivity contribution in [3.63, 3.8) is 0 Å². The molecule has 2 aliphatic heterocycles. The third-order valence-corrected chi connectivity index (χ3v) is 5.53. The highest BCUT2D eigenvalue weighted by atomic mass is 16.4. The van der Waals surface area contributed by atoms with E-state index in [2.05, 4.69) is 16.0 Å². The van der Waals surface area contributed by atoms with Gasteiger partial charge in [0.1, 0.15) is 18.1 Å². The molecule has 0 aliphatic carbocycles. The van der Waals surface area contributed by atoms with Crippen LogP contribution in [0.3, 0.4) is 0 Å². The summed E-state index contributed by atoms with van der Waals surface area (Å²) in [7, 11) is 0. The smallest absolute Gasteiger partial charge is 0.326 e. The summed E-state index contributed by atoms with van der Waals surface area (Å²) >= 11 is 0. The topological polar surface area (TPSA) is 165 Å². The quantitative estimate of drug-likeness (QED) is 0.298. The van der Waals surface area contributed by atoms with Gasteiger partial charge in [-0.05, 0) is 44.6 Å². The van der Waals surface area contributed by atoms with Gasteiger partial charge in [0, 0.05) is 6.54 Å². The van der Waals surface area contributed by atoms with Crippen molar-refractivity contribution in [1.29, 1.82) is 0 Å². The zero-order chi connectivity index (χ0) is 23.1. The van der Waals surface area contributed by atoms with Gasteiger partial charge in [-0.15, -0.1) is 0 Å². The van der Waals surface area contributed by atoms with E-state index in [0.717, 1.165) is 13.0 Å². The fraction of sp³-hybridized carbons (Fsp3) is 0.750. The van der Waals surface area contributed by atoms with E-state index in [0.29, 0.717) is 32.2 Å². The van der Waals surface area contributed by atoms with Crippen LogP contribution in [0.2, 0.25) is 0 Å². The Morgan fingerprint density at radius 2 is 1.68 bits per heavy atom. The van der Waals surface area contributed by atoms with Crippen LogP contribution in [-0.2, 0) is 24.0 Å². The van der Waals surface area contributed by atoms with E-state index >= 15 is 0 Å². The fourth-order valence-electron chi connectivity index (χ4n) is 4.02. The molecule has 0 bridgehead atoms. The molecule has 11 heteroatoms. The van der Waals surface area contributed by atoms with Crippen LogP contribution in [0.1, 0.15) is 52.4 Å². The Balaban J connectivity index is 2.09. The van der Waals surface area contributed by atoms with Crippen LogP contribution < -0.4 is 16.0 Å². The second-order valence-corrected chi connectivity index (χ2v) is 8.53. The third kappa shape index (κ3) is 6.91. The maximum Gasteiger partial charge on any atom is 0.326 e. The van der Waals surface area contributed by atoms with Crippen molar-refractivity contribution in [3.8, 4) is 0 Å². The van der Waals surface area contributed by atoms with Gasteiger partial charge in [0.2, 0.25) is 17.7 Å². The van der Waals surface area contributed by atoms with E-state index in [1.54, 1.807) is 0 Å². The molecule has 0 radical (unpaired) electrons. The summed E-state index contributed by atoms with van der Waals surface area (Å²) in [6.07, 6.45) is 2.11. The molecule has 174 valence electrons. The van der Waals surface area contributed by atoms with Crippen molar-refractivity contribution in [3.05, 3.63) is 0 Å². The maximum atomic E-state index is 13.2. The van der Waals surface area contributed by atoms with E-state index in [9.17, 15) is 24.0 Å². The highest BCUT2D eigenvalue weighted by molar-refractivity contribution is 5.95. The highest BCUT2D eigenvalue weighted by Gasteiger charge is 2.39.